The van der Waals surface area contributed by atoms with Gasteiger partial charge in [0, 0.05) is 12.6 Å². The van der Waals surface area contributed by atoms with Crippen molar-refractivity contribution in [2.45, 2.75) is 20.0 Å². The average Bonchev–Trinajstić information content (AvgIpc) is 2.51. The Bertz CT molecular complexity index is 617. The van der Waals surface area contributed by atoms with Crippen LogP contribution in [0.4, 0.5) is 11.5 Å². The molecule has 6 nitrogen and oxygen atoms in total. The van der Waals surface area contributed by atoms with Gasteiger partial charge in [0.2, 0.25) is 0 Å². The Hall–Kier alpha value is -2.63. The molecule has 0 aliphatic heterocycles. The molecule has 2 rings (SSSR count). The molecule has 0 aliphatic carbocycles. The largest absolute Gasteiger partial charge is 0.487 e. The number of nitro benzene ring substituents is 1. The van der Waals surface area contributed by atoms with Crippen LogP contribution < -0.4 is 10.1 Å². The highest BCUT2D eigenvalue weighted by molar-refractivity contribution is 5.38. The second-order valence-corrected chi connectivity index (χ2v) is 4.48. The van der Waals surface area contributed by atoms with Crippen LogP contribution in [0.15, 0.2) is 42.5 Å². The lowest BCUT2D eigenvalue weighted by Gasteiger charge is -2.08. The average molecular weight is 287 g/mol. The molecule has 0 aliphatic rings. The fourth-order valence-electron chi connectivity index (χ4n) is 1.76. The highest BCUT2D eigenvalue weighted by Gasteiger charge is 2.06. The Morgan fingerprint density at radius 3 is 2.86 bits per heavy atom. The first-order chi connectivity index (χ1) is 10.2. The van der Waals surface area contributed by atoms with Crippen molar-refractivity contribution in [2.24, 2.45) is 0 Å². The lowest BCUT2D eigenvalue weighted by atomic mass is 10.3. The summed E-state index contributed by atoms with van der Waals surface area (Å²) in [6.07, 6.45) is 1.02. The monoisotopic (exact) mass is 287 g/mol. The lowest BCUT2D eigenvalue weighted by molar-refractivity contribution is -0.384. The van der Waals surface area contributed by atoms with Crippen molar-refractivity contribution < 1.29 is 9.66 Å². The number of ether oxygens (including phenoxy) is 1. The van der Waals surface area contributed by atoms with Crippen molar-refractivity contribution >= 4 is 11.5 Å². The number of nitro groups is 1. The van der Waals surface area contributed by atoms with Crippen LogP contribution in [0.2, 0.25) is 0 Å². The maximum Gasteiger partial charge on any atom is 0.273 e. The van der Waals surface area contributed by atoms with E-state index in [0.717, 1.165) is 24.5 Å². The van der Waals surface area contributed by atoms with E-state index in [-0.39, 0.29) is 12.3 Å². The molecule has 2 aromatic rings. The molecule has 0 spiro atoms. The highest BCUT2D eigenvalue weighted by Crippen LogP contribution is 2.20. The number of rotatable bonds is 7. The van der Waals surface area contributed by atoms with Crippen molar-refractivity contribution in [3.63, 3.8) is 0 Å². The minimum Gasteiger partial charge on any atom is -0.487 e. The number of aromatic nitrogens is 1. The molecule has 1 aromatic heterocycles. The second kappa shape index (κ2) is 7.23. The number of non-ortho nitro benzene ring substituents is 1. The third-order valence-electron chi connectivity index (χ3n) is 2.78. The Kier molecular flexibility index (Phi) is 5.09. The Morgan fingerprint density at radius 1 is 1.29 bits per heavy atom. The quantitative estimate of drug-likeness (QED) is 0.624. The summed E-state index contributed by atoms with van der Waals surface area (Å²) in [5.41, 5.74) is 0.779. The number of hydrogen-bond donors (Lipinski definition) is 1. The molecule has 1 aromatic carbocycles. The number of pyridine rings is 1. The maximum atomic E-state index is 10.7. The Morgan fingerprint density at radius 2 is 2.10 bits per heavy atom. The molecule has 0 unspecified atom stereocenters. The van der Waals surface area contributed by atoms with Gasteiger partial charge in [-0.2, -0.15) is 0 Å². The van der Waals surface area contributed by atoms with Gasteiger partial charge in [-0.05, 0) is 24.6 Å². The number of anilines is 1. The van der Waals surface area contributed by atoms with Gasteiger partial charge in [0.1, 0.15) is 18.2 Å². The van der Waals surface area contributed by atoms with Crippen molar-refractivity contribution in [2.75, 3.05) is 11.9 Å². The number of nitrogens with one attached hydrogen (secondary N) is 1. The van der Waals surface area contributed by atoms with Crippen LogP contribution in [0.3, 0.4) is 0 Å². The summed E-state index contributed by atoms with van der Waals surface area (Å²) in [6.45, 7) is 3.22. The summed E-state index contributed by atoms with van der Waals surface area (Å²) < 4.78 is 5.55. The van der Waals surface area contributed by atoms with Gasteiger partial charge in [-0.1, -0.05) is 19.1 Å². The zero-order valence-electron chi connectivity index (χ0n) is 11.8. The topological polar surface area (TPSA) is 77.3 Å². The zero-order valence-corrected chi connectivity index (χ0v) is 11.8. The summed E-state index contributed by atoms with van der Waals surface area (Å²) in [4.78, 5) is 14.7. The minimum atomic E-state index is -0.444. The van der Waals surface area contributed by atoms with Gasteiger partial charge in [-0.3, -0.25) is 10.1 Å². The van der Waals surface area contributed by atoms with Gasteiger partial charge < -0.3 is 10.1 Å². The zero-order chi connectivity index (χ0) is 15.1. The predicted molar refractivity (Wildman–Crippen MR) is 80.4 cm³/mol. The Labute approximate surface area is 122 Å². The van der Waals surface area contributed by atoms with Gasteiger partial charge in [-0.15, -0.1) is 0 Å². The molecule has 0 saturated heterocycles. The molecule has 0 amide bonds. The molecule has 0 radical (unpaired) electrons. The first kappa shape index (κ1) is 14.8. The number of hydrogen-bond acceptors (Lipinski definition) is 5. The second-order valence-electron chi connectivity index (χ2n) is 4.48. The lowest BCUT2D eigenvalue weighted by Crippen LogP contribution is -2.05. The highest BCUT2D eigenvalue weighted by atomic mass is 16.6. The SMILES string of the molecule is CCCNc1cccc(COc2cccc([N+](=O)[O-])c2)n1. The van der Waals surface area contributed by atoms with Gasteiger partial charge in [0.05, 0.1) is 16.7 Å². The van der Waals surface area contributed by atoms with Crippen molar-refractivity contribution in [3.05, 3.63) is 58.3 Å². The molecule has 1 heterocycles. The Balaban J connectivity index is 1.99. The molecule has 1 N–H and O–H groups in total. The molecular formula is C15H17N3O3. The van der Waals surface area contributed by atoms with Crippen LogP contribution in [0, 0.1) is 10.1 Å². The van der Waals surface area contributed by atoms with Crippen LogP contribution >= 0.6 is 0 Å². The molecular weight excluding hydrogens is 270 g/mol. The van der Waals surface area contributed by atoms with E-state index in [1.165, 1.54) is 12.1 Å². The van der Waals surface area contributed by atoms with Crippen molar-refractivity contribution in [1.29, 1.82) is 0 Å². The van der Waals surface area contributed by atoms with E-state index in [2.05, 4.69) is 17.2 Å². The van der Waals surface area contributed by atoms with E-state index < -0.39 is 4.92 Å². The van der Waals surface area contributed by atoms with Gasteiger partial charge in [0.25, 0.3) is 5.69 Å². The molecule has 0 saturated carbocycles. The summed E-state index contributed by atoms with van der Waals surface area (Å²) in [5.74, 6) is 1.26. The van der Waals surface area contributed by atoms with Crippen molar-refractivity contribution in [3.8, 4) is 5.75 Å². The number of benzene rings is 1. The van der Waals surface area contributed by atoms with E-state index in [1.807, 2.05) is 18.2 Å². The van der Waals surface area contributed by atoms with Crippen LogP contribution in [-0.2, 0) is 6.61 Å². The molecule has 21 heavy (non-hydrogen) atoms. The fourth-order valence-corrected chi connectivity index (χ4v) is 1.76. The first-order valence-electron chi connectivity index (χ1n) is 6.76. The van der Waals surface area contributed by atoms with Gasteiger partial charge >= 0.3 is 0 Å². The van der Waals surface area contributed by atoms with E-state index in [4.69, 9.17) is 4.74 Å². The van der Waals surface area contributed by atoms with Gasteiger partial charge in [-0.25, -0.2) is 4.98 Å². The first-order valence-corrected chi connectivity index (χ1v) is 6.76. The molecule has 110 valence electrons. The van der Waals surface area contributed by atoms with E-state index in [1.54, 1.807) is 12.1 Å². The van der Waals surface area contributed by atoms with Crippen molar-refractivity contribution in [1.82, 2.24) is 4.98 Å². The summed E-state index contributed by atoms with van der Waals surface area (Å²) >= 11 is 0. The predicted octanol–water partition coefficient (Wildman–Crippen LogP) is 3.39. The van der Waals surface area contributed by atoms with E-state index >= 15 is 0 Å². The molecule has 0 atom stereocenters. The third kappa shape index (κ3) is 4.45. The normalized spacial score (nSPS) is 10.1. The summed E-state index contributed by atoms with van der Waals surface area (Å²) in [5, 5.41) is 13.9. The van der Waals surface area contributed by atoms with Crippen LogP contribution in [-0.4, -0.2) is 16.5 Å². The molecule has 0 fully saturated rings. The number of nitrogens with zero attached hydrogens (tertiary/aromatic N) is 2. The van der Waals surface area contributed by atoms with Crippen LogP contribution in [0.1, 0.15) is 19.0 Å². The fraction of sp³-hybridized carbons (Fsp3) is 0.267. The molecule has 0 bridgehead atoms. The summed E-state index contributed by atoms with van der Waals surface area (Å²) in [6, 6.07) is 11.8. The minimum absolute atomic E-state index is 0.0128. The summed E-state index contributed by atoms with van der Waals surface area (Å²) in [7, 11) is 0. The van der Waals surface area contributed by atoms with Crippen LogP contribution in [0.5, 0.6) is 5.75 Å². The smallest absolute Gasteiger partial charge is 0.273 e. The van der Waals surface area contributed by atoms with E-state index in [0.29, 0.717) is 5.75 Å². The van der Waals surface area contributed by atoms with Crippen LogP contribution in [0.25, 0.3) is 0 Å². The van der Waals surface area contributed by atoms with Gasteiger partial charge in [0.15, 0.2) is 0 Å². The molecule has 6 heteroatoms. The maximum absolute atomic E-state index is 10.7. The third-order valence-corrected chi connectivity index (χ3v) is 2.78. The standard InChI is InChI=1S/C15H17N3O3/c1-2-9-16-15-8-3-5-12(17-15)11-21-14-7-4-6-13(10-14)18(19)20/h3-8,10H,2,9,11H2,1H3,(H,16,17). The van der Waals surface area contributed by atoms with E-state index in [9.17, 15) is 10.1 Å².